The van der Waals surface area contributed by atoms with Gasteiger partial charge in [-0.05, 0) is 62.9 Å². The Morgan fingerprint density at radius 2 is 2.06 bits per heavy atom. The summed E-state index contributed by atoms with van der Waals surface area (Å²) >= 11 is 6.94. The Labute approximate surface area is 122 Å². The first-order chi connectivity index (χ1) is 7.99. The molecule has 2 atom stereocenters. The first-order valence-electron chi connectivity index (χ1n) is 5.46. The van der Waals surface area contributed by atoms with Crippen LogP contribution in [0.5, 0.6) is 0 Å². The standard InChI is InChI=1S/C12H17Br2NOS/c1-9(5-6-17(2)16)15-8-10-3-4-11(13)12(14)7-10/h3-4,7,9,15H,5-6,8H2,1-2H3. The molecular formula is C12H17Br2NOS. The Bertz CT molecular complexity index is 398. The number of halogens is 2. The van der Waals surface area contributed by atoms with Crippen LogP contribution in [0, 0.1) is 0 Å². The van der Waals surface area contributed by atoms with Gasteiger partial charge in [-0.1, -0.05) is 6.07 Å². The topological polar surface area (TPSA) is 29.1 Å². The molecule has 1 aromatic rings. The van der Waals surface area contributed by atoms with E-state index in [2.05, 4.69) is 56.2 Å². The Balaban J connectivity index is 2.39. The molecule has 0 fully saturated rings. The molecule has 2 nitrogen and oxygen atoms in total. The smallest absolute Gasteiger partial charge is 0.0320 e. The van der Waals surface area contributed by atoms with Gasteiger partial charge < -0.3 is 5.32 Å². The maximum absolute atomic E-state index is 11.0. The lowest BCUT2D eigenvalue weighted by atomic mass is 10.2. The summed E-state index contributed by atoms with van der Waals surface area (Å²) in [5.41, 5.74) is 1.24. The third-order valence-electron chi connectivity index (χ3n) is 2.48. The molecule has 1 N–H and O–H groups in total. The number of nitrogens with one attached hydrogen (secondary N) is 1. The van der Waals surface area contributed by atoms with Crippen molar-refractivity contribution in [1.82, 2.24) is 5.32 Å². The van der Waals surface area contributed by atoms with Crippen LogP contribution in [0.1, 0.15) is 18.9 Å². The van der Waals surface area contributed by atoms with Crippen LogP contribution in [0.4, 0.5) is 0 Å². The summed E-state index contributed by atoms with van der Waals surface area (Å²) < 4.78 is 13.1. The van der Waals surface area contributed by atoms with E-state index in [4.69, 9.17) is 0 Å². The second-order valence-electron chi connectivity index (χ2n) is 4.10. The van der Waals surface area contributed by atoms with Crippen LogP contribution in [0.3, 0.4) is 0 Å². The molecule has 0 spiro atoms. The SMILES string of the molecule is CC(CCS(C)=O)NCc1ccc(Br)c(Br)c1. The van der Waals surface area contributed by atoms with Gasteiger partial charge in [0, 0.05) is 44.3 Å². The minimum absolute atomic E-state index is 0.390. The fraction of sp³-hybridized carbons (Fsp3) is 0.500. The van der Waals surface area contributed by atoms with Crippen molar-refractivity contribution in [1.29, 1.82) is 0 Å². The molecule has 0 radical (unpaired) electrons. The average molecular weight is 383 g/mol. The number of benzene rings is 1. The summed E-state index contributed by atoms with van der Waals surface area (Å²) in [4.78, 5) is 0. The fourth-order valence-electron chi connectivity index (χ4n) is 1.39. The van der Waals surface area contributed by atoms with Gasteiger partial charge in [0.2, 0.25) is 0 Å². The zero-order chi connectivity index (χ0) is 12.8. The maximum Gasteiger partial charge on any atom is 0.0320 e. The van der Waals surface area contributed by atoms with Crippen LogP contribution in [0.2, 0.25) is 0 Å². The van der Waals surface area contributed by atoms with E-state index in [1.165, 1.54) is 5.56 Å². The van der Waals surface area contributed by atoms with Gasteiger partial charge in [-0.3, -0.25) is 4.21 Å². The first-order valence-corrected chi connectivity index (χ1v) is 8.77. The molecule has 17 heavy (non-hydrogen) atoms. The molecular weight excluding hydrogens is 366 g/mol. The van der Waals surface area contributed by atoms with E-state index >= 15 is 0 Å². The van der Waals surface area contributed by atoms with Crippen LogP contribution in [-0.2, 0) is 17.3 Å². The molecule has 2 unspecified atom stereocenters. The normalized spacial score (nSPS) is 14.6. The van der Waals surface area contributed by atoms with E-state index in [0.717, 1.165) is 27.7 Å². The molecule has 1 rings (SSSR count). The van der Waals surface area contributed by atoms with E-state index in [1.807, 2.05) is 6.07 Å². The molecule has 0 saturated carbocycles. The lowest BCUT2D eigenvalue weighted by Crippen LogP contribution is -2.26. The highest BCUT2D eigenvalue weighted by Crippen LogP contribution is 2.23. The van der Waals surface area contributed by atoms with Gasteiger partial charge in [0.1, 0.15) is 0 Å². The molecule has 0 aliphatic carbocycles. The lowest BCUT2D eigenvalue weighted by molar-refractivity contribution is 0.535. The molecule has 0 amide bonds. The molecule has 0 aliphatic rings. The van der Waals surface area contributed by atoms with E-state index < -0.39 is 10.8 Å². The van der Waals surface area contributed by atoms with Gasteiger partial charge in [0.15, 0.2) is 0 Å². The van der Waals surface area contributed by atoms with E-state index in [1.54, 1.807) is 6.26 Å². The third-order valence-corrected chi connectivity index (χ3v) is 5.17. The second kappa shape index (κ2) is 7.67. The minimum Gasteiger partial charge on any atom is -0.310 e. The molecule has 5 heteroatoms. The molecule has 0 aromatic heterocycles. The van der Waals surface area contributed by atoms with Gasteiger partial charge in [-0.25, -0.2) is 0 Å². The number of hydrogen-bond donors (Lipinski definition) is 1. The summed E-state index contributed by atoms with van der Waals surface area (Å²) in [6.45, 7) is 2.96. The summed E-state index contributed by atoms with van der Waals surface area (Å²) in [5, 5.41) is 3.43. The van der Waals surface area contributed by atoms with E-state index in [0.29, 0.717) is 6.04 Å². The Kier molecular flexibility index (Phi) is 6.92. The minimum atomic E-state index is -0.695. The van der Waals surface area contributed by atoms with Crippen LogP contribution in [0.25, 0.3) is 0 Å². The zero-order valence-corrected chi connectivity index (χ0v) is 14.0. The summed E-state index contributed by atoms with van der Waals surface area (Å²) in [6, 6.07) is 6.61. The van der Waals surface area contributed by atoms with Crippen molar-refractivity contribution in [3.8, 4) is 0 Å². The van der Waals surface area contributed by atoms with Gasteiger partial charge in [-0.15, -0.1) is 0 Å². The molecule has 1 aromatic carbocycles. The Morgan fingerprint density at radius 3 is 2.65 bits per heavy atom. The Hall–Kier alpha value is 0.290. The van der Waals surface area contributed by atoms with Crippen molar-refractivity contribution >= 4 is 42.7 Å². The maximum atomic E-state index is 11.0. The van der Waals surface area contributed by atoms with E-state index in [9.17, 15) is 4.21 Å². The second-order valence-corrected chi connectivity index (χ2v) is 7.36. The fourth-order valence-corrected chi connectivity index (χ4v) is 2.74. The molecule has 0 bridgehead atoms. The molecule has 0 aliphatic heterocycles. The monoisotopic (exact) mass is 381 g/mol. The van der Waals surface area contributed by atoms with Crippen molar-refractivity contribution in [3.63, 3.8) is 0 Å². The largest absolute Gasteiger partial charge is 0.310 e. The van der Waals surface area contributed by atoms with Crippen LogP contribution >= 0.6 is 31.9 Å². The molecule has 0 heterocycles. The van der Waals surface area contributed by atoms with Gasteiger partial charge in [0.05, 0.1) is 0 Å². The summed E-state index contributed by atoms with van der Waals surface area (Å²) in [7, 11) is -0.695. The Morgan fingerprint density at radius 1 is 1.35 bits per heavy atom. The predicted octanol–water partition coefficient (Wildman–Crippen LogP) is 3.46. The third kappa shape index (κ3) is 6.13. The average Bonchev–Trinajstić information content (AvgIpc) is 2.28. The highest BCUT2D eigenvalue weighted by molar-refractivity contribution is 9.13. The van der Waals surface area contributed by atoms with Crippen molar-refractivity contribution in [2.75, 3.05) is 12.0 Å². The van der Waals surface area contributed by atoms with E-state index in [-0.39, 0.29) is 0 Å². The lowest BCUT2D eigenvalue weighted by Gasteiger charge is -2.13. The molecule has 0 saturated heterocycles. The van der Waals surface area contributed by atoms with Crippen LogP contribution in [-0.4, -0.2) is 22.3 Å². The van der Waals surface area contributed by atoms with Crippen molar-refractivity contribution in [3.05, 3.63) is 32.7 Å². The van der Waals surface area contributed by atoms with Crippen LogP contribution < -0.4 is 5.32 Å². The van der Waals surface area contributed by atoms with Gasteiger partial charge >= 0.3 is 0 Å². The van der Waals surface area contributed by atoms with Crippen molar-refractivity contribution < 1.29 is 4.21 Å². The highest BCUT2D eigenvalue weighted by Gasteiger charge is 2.04. The number of hydrogen-bond acceptors (Lipinski definition) is 2. The zero-order valence-electron chi connectivity index (χ0n) is 10.0. The van der Waals surface area contributed by atoms with Gasteiger partial charge in [-0.2, -0.15) is 0 Å². The van der Waals surface area contributed by atoms with Crippen molar-refractivity contribution in [2.45, 2.75) is 25.9 Å². The van der Waals surface area contributed by atoms with Crippen molar-refractivity contribution in [2.24, 2.45) is 0 Å². The summed E-state index contributed by atoms with van der Waals surface area (Å²) in [5.74, 6) is 0.762. The van der Waals surface area contributed by atoms with Gasteiger partial charge in [0.25, 0.3) is 0 Å². The highest BCUT2D eigenvalue weighted by atomic mass is 79.9. The summed E-state index contributed by atoms with van der Waals surface area (Å²) in [6.07, 6.45) is 2.69. The number of rotatable bonds is 6. The molecule has 96 valence electrons. The first kappa shape index (κ1) is 15.3. The van der Waals surface area contributed by atoms with Crippen LogP contribution in [0.15, 0.2) is 27.1 Å². The predicted molar refractivity (Wildman–Crippen MR) is 81.7 cm³/mol. The quantitative estimate of drug-likeness (QED) is 0.816.